The lowest BCUT2D eigenvalue weighted by atomic mass is 9.83. The molecular weight excluding hydrogens is 396 g/mol. The molecule has 0 aromatic carbocycles. The van der Waals surface area contributed by atoms with Crippen LogP contribution in [0.5, 0.6) is 0 Å². The highest BCUT2D eigenvalue weighted by atomic mass is 16.7. The van der Waals surface area contributed by atoms with Crippen molar-refractivity contribution in [1.82, 2.24) is 0 Å². The Morgan fingerprint density at radius 2 is 1.10 bits per heavy atom. The Bertz CT molecular complexity index is 419. The summed E-state index contributed by atoms with van der Waals surface area (Å²) in [5, 5.41) is 40.2. The first-order chi connectivity index (χ1) is 15.0. The number of aliphatic hydroxyl groups excluding tert-OH is 4. The van der Waals surface area contributed by atoms with E-state index in [4.69, 9.17) is 9.47 Å². The fraction of sp³-hybridized carbons (Fsp3) is 1.00. The minimum absolute atomic E-state index is 0.420. The summed E-state index contributed by atoms with van der Waals surface area (Å²) in [5.74, 6) is 0. The highest BCUT2D eigenvalue weighted by Gasteiger charge is 2.53. The van der Waals surface area contributed by atoms with E-state index >= 15 is 0 Å². The van der Waals surface area contributed by atoms with Gasteiger partial charge in [0, 0.05) is 7.11 Å². The maximum atomic E-state index is 10.3. The minimum atomic E-state index is -1.40. The second kappa shape index (κ2) is 17.3. The molecule has 1 aliphatic heterocycles. The van der Waals surface area contributed by atoms with Crippen LogP contribution in [-0.4, -0.2) is 64.3 Å². The molecule has 0 saturated carbocycles. The number of ether oxygens (including phenoxy) is 2. The highest BCUT2D eigenvalue weighted by molar-refractivity contribution is 4.99. The molecule has 0 radical (unpaired) electrons. The molecule has 0 bridgehead atoms. The van der Waals surface area contributed by atoms with Crippen molar-refractivity contribution in [2.45, 2.75) is 146 Å². The Kier molecular flexibility index (Phi) is 16.0. The van der Waals surface area contributed by atoms with E-state index in [9.17, 15) is 20.4 Å². The predicted molar refractivity (Wildman–Crippen MR) is 124 cm³/mol. The number of methoxy groups -OCH3 is 1. The average Bonchev–Trinajstić information content (AvgIpc) is 2.78. The van der Waals surface area contributed by atoms with Crippen molar-refractivity contribution in [3.05, 3.63) is 0 Å². The molecule has 5 atom stereocenters. The smallest absolute Gasteiger partial charge is 0.186 e. The van der Waals surface area contributed by atoms with E-state index in [1.54, 1.807) is 0 Å². The quantitative estimate of drug-likeness (QED) is 0.219. The summed E-state index contributed by atoms with van der Waals surface area (Å²) in [7, 11) is 1.37. The Hall–Kier alpha value is -0.240. The zero-order chi connectivity index (χ0) is 23.0. The minimum Gasteiger partial charge on any atom is -0.393 e. The van der Waals surface area contributed by atoms with Crippen LogP contribution >= 0.6 is 0 Å². The third-order valence-corrected chi connectivity index (χ3v) is 6.80. The number of unbranched alkanes of at least 4 members (excludes halogenated alkanes) is 15. The molecule has 0 amide bonds. The van der Waals surface area contributed by atoms with Crippen molar-refractivity contribution < 1.29 is 29.9 Å². The monoisotopic (exact) mass is 446 g/mol. The van der Waals surface area contributed by atoms with Crippen molar-refractivity contribution in [3.63, 3.8) is 0 Å². The van der Waals surface area contributed by atoms with Gasteiger partial charge in [0.25, 0.3) is 0 Å². The molecule has 1 rings (SSSR count). The third kappa shape index (κ3) is 10.5. The van der Waals surface area contributed by atoms with Gasteiger partial charge in [-0.05, 0) is 6.42 Å². The van der Waals surface area contributed by atoms with Gasteiger partial charge in [0.1, 0.15) is 23.9 Å². The van der Waals surface area contributed by atoms with Crippen molar-refractivity contribution in [1.29, 1.82) is 0 Å². The highest BCUT2D eigenvalue weighted by Crippen LogP contribution is 2.34. The van der Waals surface area contributed by atoms with Crippen LogP contribution in [0.15, 0.2) is 0 Å². The van der Waals surface area contributed by atoms with Crippen LogP contribution in [0, 0.1) is 0 Å². The molecule has 1 aliphatic rings. The normalized spacial score (nSPS) is 28.8. The topological polar surface area (TPSA) is 99.4 Å². The molecular formula is C25H50O6. The van der Waals surface area contributed by atoms with Crippen LogP contribution in [0.2, 0.25) is 0 Å². The van der Waals surface area contributed by atoms with Gasteiger partial charge in [-0.25, -0.2) is 0 Å². The lowest BCUT2D eigenvalue weighted by Crippen LogP contribution is -2.66. The van der Waals surface area contributed by atoms with Crippen LogP contribution in [0.3, 0.4) is 0 Å². The van der Waals surface area contributed by atoms with Gasteiger partial charge in [0.15, 0.2) is 6.29 Å². The van der Waals surface area contributed by atoms with E-state index in [2.05, 4.69) is 6.92 Å². The van der Waals surface area contributed by atoms with Gasteiger partial charge in [0.05, 0.1) is 6.61 Å². The molecule has 0 spiro atoms. The van der Waals surface area contributed by atoms with Gasteiger partial charge in [-0.2, -0.15) is 0 Å². The second-order valence-electron chi connectivity index (χ2n) is 9.42. The van der Waals surface area contributed by atoms with Crippen LogP contribution < -0.4 is 0 Å². The summed E-state index contributed by atoms with van der Waals surface area (Å²) in [5.41, 5.74) is -1.28. The van der Waals surface area contributed by atoms with Gasteiger partial charge in [-0.1, -0.05) is 110 Å². The zero-order valence-electron chi connectivity index (χ0n) is 20.1. The predicted octanol–water partition coefficient (Wildman–Crippen LogP) is 4.45. The van der Waals surface area contributed by atoms with Gasteiger partial charge in [-0.3, -0.25) is 0 Å². The third-order valence-electron chi connectivity index (χ3n) is 6.80. The molecule has 31 heavy (non-hydrogen) atoms. The van der Waals surface area contributed by atoms with Gasteiger partial charge >= 0.3 is 0 Å². The lowest BCUT2D eigenvalue weighted by Gasteiger charge is -2.47. The van der Waals surface area contributed by atoms with E-state index in [-0.39, 0.29) is 0 Å². The summed E-state index contributed by atoms with van der Waals surface area (Å²) in [6.45, 7) is 1.84. The molecule has 6 heteroatoms. The van der Waals surface area contributed by atoms with Crippen LogP contribution in [0.1, 0.15) is 116 Å². The van der Waals surface area contributed by atoms with Gasteiger partial charge in [0.2, 0.25) is 0 Å². The van der Waals surface area contributed by atoms with E-state index in [1.165, 1.54) is 90.6 Å². The number of rotatable bonds is 19. The SMILES string of the molecule is CCCCCCCCCCCCCCCCCCC1(CO)O[C@H](OC)[C@@H](O)[C@H](O)[C@H]1O. The second-order valence-corrected chi connectivity index (χ2v) is 9.42. The molecule has 1 saturated heterocycles. The molecule has 0 aromatic heterocycles. The molecule has 1 unspecified atom stereocenters. The Labute approximate surface area is 190 Å². The van der Waals surface area contributed by atoms with Crippen molar-refractivity contribution >= 4 is 0 Å². The standard InChI is InChI=1S/C25H50O6/c1-3-4-5-6-7-8-9-10-11-12-13-14-15-16-17-18-19-25(20-26)23(29)21(27)22(28)24(30-2)31-25/h21-24,26-29H,3-20H2,1-2H3/t21-,22-,23+,24-,25?/m0/s1. The molecule has 186 valence electrons. The molecule has 0 aromatic rings. The van der Waals surface area contributed by atoms with Crippen LogP contribution in [0.4, 0.5) is 0 Å². The Balaban J connectivity index is 2.03. The van der Waals surface area contributed by atoms with Gasteiger partial charge < -0.3 is 29.9 Å². The zero-order valence-corrected chi connectivity index (χ0v) is 20.1. The summed E-state index contributed by atoms with van der Waals surface area (Å²) in [6.07, 6.45) is 15.8. The fourth-order valence-corrected chi connectivity index (χ4v) is 4.61. The van der Waals surface area contributed by atoms with Crippen molar-refractivity contribution in [2.75, 3.05) is 13.7 Å². The van der Waals surface area contributed by atoms with Crippen molar-refractivity contribution in [3.8, 4) is 0 Å². The first kappa shape index (κ1) is 28.8. The molecule has 1 heterocycles. The fourth-order valence-electron chi connectivity index (χ4n) is 4.61. The number of aliphatic hydroxyl groups is 4. The lowest BCUT2D eigenvalue weighted by molar-refractivity contribution is -0.334. The molecule has 0 aliphatic carbocycles. The molecule has 1 fully saturated rings. The Morgan fingerprint density at radius 1 is 0.677 bits per heavy atom. The first-order valence-electron chi connectivity index (χ1n) is 12.9. The summed E-state index contributed by atoms with van der Waals surface area (Å²) >= 11 is 0. The van der Waals surface area contributed by atoms with Crippen LogP contribution in [0.25, 0.3) is 0 Å². The van der Waals surface area contributed by atoms with E-state index in [0.717, 1.165) is 19.3 Å². The summed E-state index contributed by atoms with van der Waals surface area (Å²) in [4.78, 5) is 0. The summed E-state index contributed by atoms with van der Waals surface area (Å²) < 4.78 is 10.7. The average molecular weight is 447 g/mol. The van der Waals surface area contributed by atoms with E-state index < -0.39 is 36.8 Å². The molecule has 4 N–H and O–H groups in total. The summed E-state index contributed by atoms with van der Waals surface area (Å²) in [6, 6.07) is 0. The number of hydrogen-bond acceptors (Lipinski definition) is 6. The number of hydrogen-bond donors (Lipinski definition) is 4. The first-order valence-corrected chi connectivity index (χ1v) is 12.9. The maximum Gasteiger partial charge on any atom is 0.186 e. The van der Waals surface area contributed by atoms with E-state index in [1.807, 2.05) is 0 Å². The van der Waals surface area contributed by atoms with Crippen LogP contribution in [-0.2, 0) is 9.47 Å². The van der Waals surface area contributed by atoms with Crippen molar-refractivity contribution in [2.24, 2.45) is 0 Å². The maximum absolute atomic E-state index is 10.3. The molecule has 6 nitrogen and oxygen atoms in total. The van der Waals surface area contributed by atoms with E-state index in [0.29, 0.717) is 6.42 Å². The largest absolute Gasteiger partial charge is 0.393 e. The Morgan fingerprint density at radius 3 is 1.48 bits per heavy atom. The van der Waals surface area contributed by atoms with Gasteiger partial charge in [-0.15, -0.1) is 0 Å².